The number of benzene rings is 1. The van der Waals surface area contributed by atoms with Crippen molar-refractivity contribution in [3.63, 3.8) is 0 Å². The first-order valence-corrected chi connectivity index (χ1v) is 5.49. The maximum absolute atomic E-state index is 12.6. The number of rotatable bonds is 3. The first kappa shape index (κ1) is 10.2. The highest BCUT2D eigenvalue weighted by molar-refractivity contribution is 5.42. The quantitative estimate of drug-likeness (QED) is 0.743. The Balaban J connectivity index is 1.82. The molecule has 1 atom stereocenters. The lowest BCUT2D eigenvalue weighted by atomic mass is 9.94. The summed E-state index contributed by atoms with van der Waals surface area (Å²) in [6.45, 7) is 0.982. The van der Waals surface area contributed by atoms with E-state index in [1.54, 1.807) is 12.1 Å². The lowest BCUT2D eigenvalue weighted by Gasteiger charge is -2.18. The SMILES string of the molecule is Fc1ccc(NCC2CC=CCC2)cc1. The summed E-state index contributed by atoms with van der Waals surface area (Å²) in [5.41, 5.74) is 1.01. The minimum absolute atomic E-state index is 0.179. The number of hydrogen-bond donors (Lipinski definition) is 1. The van der Waals surface area contributed by atoms with Gasteiger partial charge in [-0.2, -0.15) is 0 Å². The van der Waals surface area contributed by atoms with Crippen LogP contribution in [-0.2, 0) is 0 Å². The van der Waals surface area contributed by atoms with Gasteiger partial charge in [-0.1, -0.05) is 12.2 Å². The Hall–Kier alpha value is -1.31. The number of hydrogen-bond acceptors (Lipinski definition) is 1. The summed E-state index contributed by atoms with van der Waals surface area (Å²) in [5, 5.41) is 3.34. The van der Waals surface area contributed by atoms with Gasteiger partial charge in [-0.15, -0.1) is 0 Å². The second-order valence-corrected chi connectivity index (χ2v) is 4.04. The van der Waals surface area contributed by atoms with Gasteiger partial charge in [0.25, 0.3) is 0 Å². The molecule has 2 rings (SSSR count). The number of nitrogens with one attached hydrogen (secondary N) is 1. The van der Waals surface area contributed by atoms with Crippen LogP contribution in [0.3, 0.4) is 0 Å². The van der Waals surface area contributed by atoms with Crippen molar-refractivity contribution in [1.82, 2.24) is 0 Å². The van der Waals surface area contributed by atoms with Gasteiger partial charge in [0.05, 0.1) is 0 Å². The molecule has 0 spiro atoms. The largest absolute Gasteiger partial charge is 0.385 e. The third-order valence-electron chi connectivity index (χ3n) is 2.82. The molecule has 2 heteroatoms. The molecule has 80 valence electrons. The van der Waals surface area contributed by atoms with E-state index in [1.165, 1.54) is 25.0 Å². The molecule has 1 aliphatic carbocycles. The fourth-order valence-electron chi connectivity index (χ4n) is 1.87. The van der Waals surface area contributed by atoms with E-state index < -0.39 is 0 Å². The zero-order valence-electron chi connectivity index (χ0n) is 8.75. The maximum Gasteiger partial charge on any atom is 0.123 e. The van der Waals surface area contributed by atoms with Gasteiger partial charge in [-0.3, -0.25) is 0 Å². The van der Waals surface area contributed by atoms with Crippen LogP contribution in [0, 0.1) is 11.7 Å². The van der Waals surface area contributed by atoms with Crippen molar-refractivity contribution >= 4 is 5.69 Å². The number of anilines is 1. The van der Waals surface area contributed by atoms with Crippen LogP contribution in [0.2, 0.25) is 0 Å². The van der Waals surface area contributed by atoms with E-state index in [0.29, 0.717) is 0 Å². The molecule has 0 radical (unpaired) electrons. The maximum atomic E-state index is 12.6. The molecular weight excluding hydrogens is 189 g/mol. The summed E-state index contributed by atoms with van der Waals surface area (Å²) in [7, 11) is 0. The normalized spacial score (nSPS) is 20.2. The molecule has 0 saturated heterocycles. The lowest BCUT2D eigenvalue weighted by molar-refractivity contribution is 0.504. The van der Waals surface area contributed by atoms with Crippen LogP contribution in [0.25, 0.3) is 0 Å². The Morgan fingerprint density at radius 2 is 2.00 bits per heavy atom. The van der Waals surface area contributed by atoms with Crippen LogP contribution >= 0.6 is 0 Å². The van der Waals surface area contributed by atoms with E-state index in [-0.39, 0.29) is 5.82 Å². The summed E-state index contributed by atoms with van der Waals surface area (Å²) in [6.07, 6.45) is 8.10. The summed E-state index contributed by atoms with van der Waals surface area (Å²) in [6, 6.07) is 6.55. The van der Waals surface area contributed by atoms with Crippen LogP contribution in [0.15, 0.2) is 36.4 Å². The van der Waals surface area contributed by atoms with Gasteiger partial charge in [0.1, 0.15) is 5.82 Å². The Morgan fingerprint density at radius 3 is 2.67 bits per heavy atom. The Kier molecular flexibility index (Phi) is 3.38. The minimum atomic E-state index is -0.179. The van der Waals surface area contributed by atoms with Crippen molar-refractivity contribution in [2.45, 2.75) is 19.3 Å². The molecule has 0 amide bonds. The molecule has 0 aromatic heterocycles. The fraction of sp³-hybridized carbons (Fsp3) is 0.385. The first-order chi connectivity index (χ1) is 7.34. The van der Waals surface area contributed by atoms with Gasteiger partial charge < -0.3 is 5.32 Å². The molecule has 1 unspecified atom stereocenters. The van der Waals surface area contributed by atoms with Crippen molar-refractivity contribution < 1.29 is 4.39 Å². The molecule has 0 heterocycles. The van der Waals surface area contributed by atoms with Crippen molar-refractivity contribution in [2.75, 3.05) is 11.9 Å². The van der Waals surface area contributed by atoms with Gasteiger partial charge in [0, 0.05) is 12.2 Å². The highest BCUT2D eigenvalue weighted by Gasteiger charge is 2.08. The Bertz CT molecular complexity index is 329. The van der Waals surface area contributed by atoms with Crippen LogP contribution < -0.4 is 5.32 Å². The van der Waals surface area contributed by atoms with Gasteiger partial charge in [-0.25, -0.2) is 4.39 Å². The number of halogens is 1. The predicted molar refractivity (Wildman–Crippen MR) is 61.4 cm³/mol. The summed E-state index contributed by atoms with van der Waals surface area (Å²) in [4.78, 5) is 0. The van der Waals surface area contributed by atoms with E-state index in [2.05, 4.69) is 17.5 Å². The monoisotopic (exact) mass is 205 g/mol. The van der Waals surface area contributed by atoms with E-state index in [9.17, 15) is 4.39 Å². The molecule has 1 N–H and O–H groups in total. The molecule has 1 aliphatic rings. The summed E-state index contributed by atoms with van der Waals surface area (Å²) >= 11 is 0. The topological polar surface area (TPSA) is 12.0 Å². The van der Waals surface area contributed by atoms with Gasteiger partial charge in [0.2, 0.25) is 0 Å². The third-order valence-corrected chi connectivity index (χ3v) is 2.82. The molecule has 1 aromatic rings. The minimum Gasteiger partial charge on any atom is -0.385 e. The fourth-order valence-corrected chi connectivity index (χ4v) is 1.87. The molecule has 0 saturated carbocycles. The van der Waals surface area contributed by atoms with Crippen LogP contribution in [0.4, 0.5) is 10.1 Å². The Morgan fingerprint density at radius 1 is 1.20 bits per heavy atom. The zero-order chi connectivity index (χ0) is 10.5. The van der Waals surface area contributed by atoms with E-state index in [1.807, 2.05) is 0 Å². The zero-order valence-corrected chi connectivity index (χ0v) is 8.75. The van der Waals surface area contributed by atoms with E-state index in [0.717, 1.165) is 24.6 Å². The molecule has 0 aliphatic heterocycles. The summed E-state index contributed by atoms with van der Waals surface area (Å²) < 4.78 is 12.6. The van der Waals surface area contributed by atoms with Gasteiger partial charge >= 0.3 is 0 Å². The van der Waals surface area contributed by atoms with Gasteiger partial charge in [0.15, 0.2) is 0 Å². The highest BCUT2D eigenvalue weighted by atomic mass is 19.1. The molecule has 1 aromatic carbocycles. The molecule has 15 heavy (non-hydrogen) atoms. The lowest BCUT2D eigenvalue weighted by Crippen LogP contribution is -2.15. The van der Waals surface area contributed by atoms with Crippen LogP contribution in [0.1, 0.15) is 19.3 Å². The van der Waals surface area contributed by atoms with Crippen molar-refractivity contribution in [2.24, 2.45) is 5.92 Å². The second kappa shape index (κ2) is 4.96. The average Bonchev–Trinajstić information content (AvgIpc) is 2.30. The smallest absolute Gasteiger partial charge is 0.123 e. The van der Waals surface area contributed by atoms with Crippen LogP contribution in [0.5, 0.6) is 0 Å². The Labute approximate surface area is 90.0 Å². The second-order valence-electron chi connectivity index (χ2n) is 4.04. The highest BCUT2D eigenvalue weighted by Crippen LogP contribution is 2.19. The average molecular weight is 205 g/mol. The van der Waals surface area contributed by atoms with Gasteiger partial charge in [-0.05, 0) is 49.4 Å². The number of allylic oxidation sites excluding steroid dienone is 2. The van der Waals surface area contributed by atoms with E-state index >= 15 is 0 Å². The van der Waals surface area contributed by atoms with Crippen molar-refractivity contribution in [1.29, 1.82) is 0 Å². The molecule has 0 fully saturated rings. The van der Waals surface area contributed by atoms with Crippen molar-refractivity contribution in [3.8, 4) is 0 Å². The molecule has 1 nitrogen and oxygen atoms in total. The molecular formula is C13H16FN. The first-order valence-electron chi connectivity index (χ1n) is 5.49. The van der Waals surface area contributed by atoms with Crippen molar-refractivity contribution in [3.05, 3.63) is 42.2 Å². The predicted octanol–water partition coefficient (Wildman–Crippen LogP) is 3.59. The molecule has 0 bridgehead atoms. The third kappa shape index (κ3) is 3.08. The van der Waals surface area contributed by atoms with Crippen LogP contribution in [-0.4, -0.2) is 6.54 Å². The standard InChI is InChI=1S/C13H16FN/c14-12-6-8-13(9-7-12)15-10-11-4-2-1-3-5-11/h1-2,6-9,11,15H,3-5,10H2. The summed E-state index contributed by atoms with van der Waals surface area (Å²) in [5.74, 6) is 0.543. The van der Waals surface area contributed by atoms with E-state index in [4.69, 9.17) is 0 Å².